The van der Waals surface area contributed by atoms with E-state index in [4.69, 9.17) is 4.84 Å². The van der Waals surface area contributed by atoms with Gasteiger partial charge in [0.2, 0.25) is 0 Å². The summed E-state index contributed by atoms with van der Waals surface area (Å²) in [6.45, 7) is 4.63. The lowest BCUT2D eigenvalue weighted by molar-refractivity contribution is -0.243. The Labute approximate surface area is 72.2 Å². The zero-order valence-corrected chi connectivity index (χ0v) is 7.45. The molecule has 12 heavy (non-hydrogen) atoms. The average molecular weight is 165 g/mol. The second-order valence-electron chi connectivity index (χ2n) is 4.77. The van der Waals surface area contributed by atoms with Crippen LogP contribution in [0.1, 0.15) is 26.7 Å². The van der Waals surface area contributed by atoms with E-state index in [9.17, 15) is 0 Å². The van der Waals surface area contributed by atoms with Crippen LogP contribution in [0, 0.1) is 23.7 Å². The molecule has 1 spiro atoms. The molecule has 4 rings (SSSR count). The van der Waals surface area contributed by atoms with Crippen LogP contribution in [0.2, 0.25) is 0 Å². The third-order valence-corrected chi connectivity index (χ3v) is 4.05. The van der Waals surface area contributed by atoms with Gasteiger partial charge in [0.25, 0.3) is 5.72 Å². The molecule has 4 aliphatic rings. The second-order valence-corrected chi connectivity index (χ2v) is 4.77. The van der Waals surface area contributed by atoms with E-state index in [1.165, 1.54) is 6.42 Å². The summed E-state index contributed by atoms with van der Waals surface area (Å²) < 4.78 is 0. The van der Waals surface area contributed by atoms with Crippen molar-refractivity contribution in [2.75, 3.05) is 0 Å². The van der Waals surface area contributed by atoms with E-state index in [2.05, 4.69) is 30.7 Å². The molecule has 2 bridgehead atoms. The van der Waals surface area contributed by atoms with Gasteiger partial charge in [0.1, 0.15) is 0 Å². The third kappa shape index (κ3) is 0.529. The number of hydrogen-bond acceptors (Lipinski definition) is 3. The van der Waals surface area contributed by atoms with Crippen molar-refractivity contribution < 1.29 is 4.84 Å². The molecule has 3 atom stereocenters. The van der Waals surface area contributed by atoms with Gasteiger partial charge in [0.05, 0.1) is 0 Å². The molecule has 0 aromatic heterocycles. The lowest BCUT2D eigenvalue weighted by Gasteiger charge is -2.62. The van der Waals surface area contributed by atoms with Crippen LogP contribution < -0.4 is 0 Å². The lowest BCUT2D eigenvalue weighted by atomic mass is 9.46. The van der Waals surface area contributed by atoms with E-state index in [0.29, 0.717) is 11.3 Å². The van der Waals surface area contributed by atoms with Crippen LogP contribution in [0.25, 0.3) is 0 Å². The van der Waals surface area contributed by atoms with Crippen molar-refractivity contribution >= 4 is 0 Å². The first-order chi connectivity index (χ1) is 5.65. The summed E-state index contributed by atoms with van der Waals surface area (Å²) in [7, 11) is 0. The highest BCUT2D eigenvalue weighted by molar-refractivity contribution is 5.17. The highest BCUT2D eigenvalue weighted by Crippen LogP contribution is 2.65. The van der Waals surface area contributed by atoms with Crippen molar-refractivity contribution in [1.82, 2.24) is 0 Å². The highest BCUT2D eigenvalue weighted by atomic mass is 16.7. The topological polar surface area (TPSA) is 34.0 Å². The van der Waals surface area contributed by atoms with Crippen LogP contribution in [-0.2, 0) is 4.84 Å². The van der Waals surface area contributed by atoms with Crippen LogP contribution >= 0.6 is 0 Å². The van der Waals surface area contributed by atoms with E-state index >= 15 is 0 Å². The minimum Gasteiger partial charge on any atom is -0.346 e. The standard InChI is InChI=1S/C9H13N2O/c1-8(2)6-3-4-9(7(8)5-6)10-11-12-9/h4,6-7H,3,5H2,1-2H3. The van der Waals surface area contributed by atoms with Crippen molar-refractivity contribution in [2.45, 2.75) is 32.4 Å². The quantitative estimate of drug-likeness (QED) is 0.542. The van der Waals surface area contributed by atoms with E-state index < -0.39 is 0 Å². The third-order valence-electron chi connectivity index (χ3n) is 4.05. The van der Waals surface area contributed by atoms with Crippen LogP contribution in [-0.4, -0.2) is 5.72 Å². The van der Waals surface area contributed by atoms with Crippen molar-refractivity contribution in [3.63, 3.8) is 0 Å². The summed E-state index contributed by atoms with van der Waals surface area (Å²) in [6, 6.07) is 0. The smallest absolute Gasteiger partial charge is 0.257 e. The highest BCUT2D eigenvalue weighted by Gasteiger charge is 2.66. The molecular weight excluding hydrogens is 152 g/mol. The maximum Gasteiger partial charge on any atom is 0.257 e. The van der Waals surface area contributed by atoms with Crippen LogP contribution in [0.5, 0.6) is 0 Å². The predicted molar refractivity (Wildman–Crippen MR) is 43.0 cm³/mol. The number of hydrogen-bond donors (Lipinski definition) is 0. The fourth-order valence-electron chi connectivity index (χ4n) is 2.92. The Kier molecular flexibility index (Phi) is 0.960. The molecule has 0 aromatic rings. The average Bonchev–Trinajstić information content (AvgIpc) is 2.01. The fourth-order valence-corrected chi connectivity index (χ4v) is 2.92. The molecule has 3 unspecified atom stereocenters. The largest absolute Gasteiger partial charge is 0.346 e. The summed E-state index contributed by atoms with van der Waals surface area (Å²) in [5, 5.41) is 7.65. The van der Waals surface area contributed by atoms with Crippen molar-refractivity contribution in [2.24, 2.45) is 27.6 Å². The van der Waals surface area contributed by atoms with Crippen LogP contribution in [0.15, 0.2) is 10.4 Å². The second kappa shape index (κ2) is 1.68. The molecule has 1 heterocycles. The van der Waals surface area contributed by atoms with Gasteiger partial charge in [-0.2, -0.15) is 0 Å². The van der Waals surface area contributed by atoms with Crippen LogP contribution in [0.4, 0.5) is 0 Å². The Morgan fingerprint density at radius 1 is 1.50 bits per heavy atom. The van der Waals surface area contributed by atoms with Gasteiger partial charge in [-0.3, -0.25) is 0 Å². The molecule has 0 N–H and O–H groups in total. The molecule has 3 fully saturated rings. The van der Waals surface area contributed by atoms with Gasteiger partial charge in [0, 0.05) is 17.6 Å². The van der Waals surface area contributed by atoms with Crippen molar-refractivity contribution in [1.29, 1.82) is 0 Å². The molecule has 0 amide bonds. The lowest BCUT2D eigenvalue weighted by Crippen LogP contribution is -2.63. The Bertz CT molecular complexity index is 259. The summed E-state index contributed by atoms with van der Waals surface area (Å²) >= 11 is 0. The van der Waals surface area contributed by atoms with Crippen molar-refractivity contribution in [3.8, 4) is 0 Å². The first-order valence-electron chi connectivity index (χ1n) is 4.60. The Hall–Kier alpha value is -0.600. The van der Waals surface area contributed by atoms with Gasteiger partial charge in [-0.15, -0.1) is 5.11 Å². The summed E-state index contributed by atoms with van der Waals surface area (Å²) in [5.41, 5.74) is 0.104. The molecule has 3 saturated carbocycles. The maximum atomic E-state index is 5.25. The molecule has 3 nitrogen and oxygen atoms in total. The minimum absolute atomic E-state index is 0.307. The zero-order chi connectivity index (χ0) is 8.40. The Balaban J connectivity index is 1.96. The molecule has 0 aromatic carbocycles. The normalized spacial score (nSPS) is 52.5. The van der Waals surface area contributed by atoms with Crippen molar-refractivity contribution in [3.05, 3.63) is 6.42 Å². The fraction of sp³-hybridized carbons (Fsp3) is 0.889. The number of rotatable bonds is 0. The minimum atomic E-state index is -0.307. The van der Waals surface area contributed by atoms with E-state index in [1.54, 1.807) is 0 Å². The molecule has 3 aliphatic carbocycles. The monoisotopic (exact) mass is 165 g/mol. The molecular formula is C9H13N2O. The van der Waals surface area contributed by atoms with Gasteiger partial charge in [-0.25, -0.2) is 0 Å². The maximum absolute atomic E-state index is 5.25. The SMILES string of the molecule is CC1(C)C2C[CH]C3(N=NO3)C1C2. The Morgan fingerprint density at radius 3 is 2.58 bits per heavy atom. The first kappa shape index (κ1) is 6.87. The van der Waals surface area contributed by atoms with Gasteiger partial charge in [-0.05, 0) is 24.2 Å². The zero-order valence-electron chi connectivity index (χ0n) is 7.45. The molecule has 1 radical (unpaired) electrons. The summed E-state index contributed by atoms with van der Waals surface area (Å²) in [6.07, 6.45) is 4.61. The van der Waals surface area contributed by atoms with E-state index in [-0.39, 0.29) is 5.72 Å². The Morgan fingerprint density at radius 2 is 2.25 bits per heavy atom. The van der Waals surface area contributed by atoms with E-state index in [1.807, 2.05) is 0 Å². The first-order valence-corrected chi connectivity index (χ1v) is 4.60. The molecule has 65 valence electrons. The number of nitrogens with zero attached hydrogens (tertiary/aromatic N) is 2. The number of fused-ring (bicyclic) bond motifs is 1. The van der Waals surface area contributed by atoms with Gasteiger partial charge in [0.15, 0.2) is 0 Å². The van der Waals surface area contributed by atoms with Gasteiger partial charge in [-0.1, -0.05) is 13.8 Å². The van der Waals surface area contributed by atoms with E-state index in [0.717, 1.165) is 12.3 Å². The molecule has 3 heteroatoms. The summed E-state index contributed by atoms with van der Waals surface area (Å²) in [5.74, 6) is 1.42. The van der Waals surface area contributed by atoms with Gasteiger partial charge < -0.3 is 4.84 Å². The summed E-state index contributed by atoms with van der Waals surface area (Å²) in [4.78, 5) is 5.25. The van der Waals surface area contributed by atoms with Gasteiger partial charge >= 0.3 is 0 Å². The molecule has 1 aliphatic heterocycles. The van der Waals surface area contributed by atoms with Crippen LogP contribution in [0.3, 0.4) is 0 Å². The predicted octanol–water partition coefficient (Wildman–Crippen LogP) is 2.35. The molecule has 0 saturated heterocycles.